The Hall–Kier alpha value is -1.02. The van der Waals surface area contributed by atoms with Crippen molar-refractivity contribution in [2.45, 2.75) is 70.5 Å². The molecule has 1 fully saturated rings. The summed E-state index contributed by atoms with van der Waals surface area (Å²) in [6.45, 7) is 4.24. The van der Waals surface area contributed by atoms with Crippen molar-refractivity contribution in [2.75, 3.05) is 0 Å². The molecule has 1 unspecified atom stereocenters. The van der Waals surface area contributed by atoms with Crippen LogP contribution in [0.5, 0.6) is 5.75 Å². The molecule has 0 spiro atoms. The van der Waals surface area contributed by atoms with Gasteiger partial charge in [-0.15, -0.1) is 0 Å². The molecule has 0 bridgehead atoms. The monoisotopic (exact) mass is 274 g/mol. The molecular formula is C18H26O2. The van der Waals surface area contributed by atoms with Gasteiger partial charge in [0.05, 0.1) is 6.10 Å². The minimum Gasteiger partial charge on any atom is -0.487 e. The fourth-order valence-corrected chi connectivity index (χ4v) is 3.71. The van der Waals surface area contributed by atoms with Gasteiger partial charge in [-0.05, 0) is 55.9 Å². The van der Waals surface area contributed by atoms with E-state index in [1.54, 1.807) is 0 Å². The minimum atomic E-state index is -0.304. The lowest BCUT2D eigenvalue weighted by Gasteiger charge is -2.22. The van der Waals surface area contributed by atoms with Gasteiger partial charge in [-0.3, -0.25) is 0 Å². The molecule has 2 heteroatoms. The molecule has 0 radical (unpaired) electrons. The summed E-state index contributed by atoms with van der Waals surface area (Å²) in [7, 11) is 0. The van der Waals surface area contributed by atoms with Gasteiger partial charge < -0.3 is 9.84 Å². The summed E-state index contributed by atoms with van der Waals surface area (Å²) in [5, 5.41) is 10.7. The minimum absolute atomic E-state index is 0.103. The van der Waals surface area contributed by atoms with E-state index in [-0.39, 0.29) is 11.7 Å². The van der Waals surface area contributed by atoms with E-state index in [2.05, 4.69) is 26.0 Å². The Kier molecular flexibility index (Phi) is 3.76. The van der Waals surface area contributed by atoms with Crippen LogP contribution in [0.15, 0.2) is 18.2 Å². The topological polar surface area (TPSA) is 29.5 Å². The van der Waals surface area contributed by atoms with E-state index in [1.165, 1.54) is 44.1 Å². The largest absolute Gasteiger partial charge is 0.487 e. The van der Waals surface area contributed by atoms with Crippen LogP contribution < -0.4 is 4.74 Å². The molecule has 1 aliphatic carbocycles. The molecular weight excluding hydrogens is 248 g/mol. The highest BCUT2D eigenvalue weighted by Gasteiger charge is 2.31. The Morgan fingerprint density at radius 2 is 1.85 bits per heavy atom. The van der Waals surface area contributed by atoms with Crippen LogP contribution in [0.1, 0.15) is 69.6 Å². The quantitative estimate of drug-likeness (QED) is 0.810. The van der Waals surface area contributed by atoms with Crippen molar-refractivity contribution in [3.63, 3.8) is 0 Å². The molecule has 110 valence electrons. The Morgan fingerprint density at radius 1 is 1.15 bits per heavy atom. The standard InChI is InChI=1S/C18H26O2/c1-18(2)12-15-11-14(9-10-16(15)20-18)17(19)13-7-5-3-4-6-8-13/h9-11,13,17,19H,3-8,12H2,1-2H3. The Bertz CT molecular complexity index is 470. The first-order valence-electron chi connectivity index (χ1n) is 8.05. The van der Waals surface area contributed by atoms with Crippen LogP contribution in [0, 0.1) is 5.92 Å². The lowest BCUT2D eigenvalue weighted by Crippen LogP contribution is -2.24. The van der Waals surface area contributed by atoms with Gasteiger partial charge >= 0.3 is 0 Å². The summed E-state index contributed by atoms with van der Waals surface area (Å²) in [6, 6.07) is 6.26. The van der Waals surface area contributed by atoms with E-state index >= 15 is 0 Å². The molecule has 3 rings (SSSR count). The Labute approximate surface area is 122 Å². The molecule has 1 aliphatic heterocycles. The van der Waals surface area contributed by atoms with Crippen molar-refractivity contribution >= 4 is 0 Å². The van der Waals surface area contributed by atoms with Crippen LogP contribution in [-0.4, -0.2) is 10.7 Å². The summed E-state index contributed by atoms with van der Waals surface area (Å²) >= 11 is 0. The number of ether oxygens (including phenoxy) is 1. The highest BCUT2D eigenvalue weighted by molar-refractivity contribution is 5.42. The predicted molar refractivity (Wildman–Crippen MR) is 81.0 cm³/mol. The second-order valence-electron chi connectivity index (χ2n) is 7.10. The number of rotatable bonds is 2. The number of benzene rings is 1. The molecule has 1 N–H and O–H groups in total. The van der Waals surface area contributed by atoms with Crippen LogP contribution in [0.3, 0.4) is 0 Å². The Balaban J connectivity index is 1.77. The highest BCUT2D eigenvalue weighted by atomic mass is 16.5. The van der Waals surface area contributed by atoms with Crippen molar-refractivity contribution < 1.29 is 9.84 Å². The highest BCUT2D eigenvalue weighted by Crippen LogP contribution is 2.39. The summed E-state index contributed by atoms with van der Waals surface area (Å²) in [6.07, 6.45) is 8.16. The Morgan fingerprint density at radius 3 is 2.55 bits per heavy atom. The molecule has 0 saturated heterocycles. The van der Waals surface area contributed by atoms with E-state index in [0.29, 0.717) is 5.92 Å². The van der Waals surface area contributed by atoms with Gasteiger partial charge in [-0.1, -0.05) is 31.7 Å². The molecule has 1 atom stereocenters. The SMILES string of the molecule is CC1(C)Cc2cc(C(O)C3CCCCCC3)ccc2O1. The first-order valence-corrected chi connectivity index (χ1v) is 8.05. The van der Waals surface area contributed by atoms with E-state index in [9.17, 15) is 5.11 Å². The summed E-state index contributed by atoms with van der Waals surface area (Å²) in [4.78, 5) is 0. The van der Waals surface area contributed by atoms with Gasteiger partial charge in [0, 0.05) is 6.42 Å². The van der Waals surface area contributed by atoms with E-state index in [4.69, 9.17) is 4.74 Å². The normalized spacial score (nSPS) is 23.8. The smallest absolute Gasteiger partial charge is 0.123 e. The molecule has 0 amide bonds. The maximum absolute atomic E-state index is 10.7. The second kappa shape index (κ2) is 5.40. The summed E-state index contributed by atoms with van der Waals surface area (Å²) in [5.74, 6) is 1.43. The third-order valence-corrected chi connectivity index (χ3v) is 4.77. The number of aliphatic hydroxyl groups excluding tert-OH is 1. The van der Waals surface area contributed by atoms with E-state index < -0.39 is 0 Å². The number of hydrogen-bond donors (Lipinski definition) is 1. The van der Waals surface area contributed by atoms with Crippen LogP contribution in [0.25, 0.3) is 0 Å². The molecule has 2 aliphatic rings. The molecule has 1 aromatic rings. The van der Waals surface area contributed by atoms with Crippen molar-refractivity contribution in [1.29, 1.82) is 0 Å². The van der Waals surface area contributed by atoms with Crippen molar-refractivity contribution in [1.82, 2.24) is 0 Å². The maximum atomic E-state index is 10.7. The van der Waals surface area contributed by atoms with Gasteiger partial charge in [-0.25, -0.2) is 0 Å². The molecule has 1 heterocycles. The third kappa shape index (κ3) is 2.85. The average Bonchev–Trinajstić information content (AvgIpc) is 2.59. The van der Waals surface area contributed by atoms with E-state index in [1.807, 2.05) is 6.07 Å². The number of hydrogen-bond acceptors (Lipinski definition) is 2. The maximum Gasteiger partial charge on any atom is 0.123 e. The van der Waals surface area contributed by atoms with Crippen LogP contribution in [0.2, 0.25) is 0 Å². The first-order chi connectivity index (χ1) is 9.55. The van der Waals surface area contributed by atoms with Crippen LogP contribution in [0.4, 0.5) is 0 Å². The van der Waals surface area contributed by atoms with Crippen LogP contribution in [-0.2, 0) is 6.42 Å². The molecule has 20 heavy (non-hydrogen) atoms. The van der Waals surface area contributed by atoms with Crippen molar-refractivity contribution in [3.05, 3.63) is 29.3 Å². The van der Waals surface area contributed by atoms with Crippen LogP contribution >= 0.6 is 0 Å². The second-order valence-corrected chi connectivity index (χ2v) is 7.10. The zero-order valence-corrected chi connectivity index (χ0v) is 12.7. The van der Waals surface area contributed by atoms with E-state index in [0.717, 1.165) is 17.7 Å². The van der Waals surface area contributed by atoms with Gasteiger partial charge in [0.2, 0.25) is 0 Å². The van der Waals surface area contributed by atoms with Gasteiger partial charge in [0.1, 0.15) is 11.4 Å². The van der Waals surface area contributed by atoms with Gasteiger partial charge in [0.25, 0.3) is 0 Å². The average molecular weight is 274 g/mol. The fraction of sp³-hybridized carbons (Fsp3) is 0.667. The fourth-order valence-electron chi connectivity index (χ4n) is 3.71. The van der Waals surface area contributed by atoms with Gasteiger partial charge in [0.15, 0.2) is 0 Å². The summed E-state index contributed by atoms with van der Waals surface area (Å²) in [5.41, 5.74) is 2.23. The number of aliphatic hydroxyl groups is 1. The van der Waals surface area contributed by atoms with Gasteiger partial charge in [-0.2, -0.15) is 0 Å². The summed E-state index contributed by atoms with van der Waals surface area (Å²) < 4.78 is 5.91. The zero-order chi connectivity index (χ0) is 14.2. The lowest BCUT2D eigenvalue weighted by atomic mass is 9.88. The molecule has 1 saturated carbocycles. The molecule has 0 aromatic heterocycles. The molecule has 1 aromatic carbocycles. The predicted octanol–water partition coefficient (Wildman–Crippen LogP) is 4.40. The zero-order valence-electron chi connectivity index (χ0n) is 12.7. The lowest BCUT2D eigenvalue weighted by molar-refractivity contribution is 0.0987. The number of fused-ring (bicyclic) bond motifs is 1. The van der Waals surface area contributed by atoms with Crippen molar-refractivity contribution in [3.8, 4) is 5.75 Å². The third-order valence-electron chi connectivity index (χ3n) is 4.77. The molecule has 2 nitrogen and oxygen atoms in total. The first kappa shape index (κ1) is 13.9. The van der Waals surface area contributed by atoms with Crippen molar-refractivity contribution in [2.24, 2.45) is 5.92 Å².